The van der Waals surface area contributed by atoms with Crippen LogP contribution in [0, 0.1) is 0 Å². The fraction of sp³-hybridized carbons (Fsp3) is 0.174. The average molecular weight is 705 g/mol. The normalized spacial score (nSPS) is 12.2. The van der Waals surface area contributed by atoms with Crippen LogP contribution >= 0.6 is 0 Å². The van der Waals surface area contributed by atoms with E-state index in [0.717, 1.165) is 68.5 Å². The van der Waals surface area contributed by atoms with Crippen LogP contribution in [-0.2, 0) is 6.42 Å². The Morgan fingerprint density at radius 1 is 0.491 bits per heavy atom. The van der Waals surface area contributed by atoms with E-state index in [0.29, 0.717) is 37.9 Å². The quantitative estimate of drug-likeness (QED) is 0.116. The number of rotatable bonds is 13. The maximum absolute atomic E-state index is 9.52. The topological polar surface area (TPSA) is 86.6 Å². The highest BCUT2D eigenvalue weighted by Gasteiger charge is 2.32. The molecular formula is C46H40O7. The molecule has 0 saturated carbocycles. The molecule has 8 rings (SSSR count). The highest BCUT2D eigenvalue weighted by molar-refractivity contribution is 5.96. The van der Waals surface area contributed by atoms with E-state index >= 15 is 0 Å². The number of phenols is 2. The molecule has 0 fully saturated rings. The van der Waals surface area contributed by atoms with Crippen molar-refractivity contribution in [3.05, 3.63) is 156 Å². The third-order valence-corrected chi connectivity index (χ3v) is 9.55. The molecule has 0 amide bonds. The van der Waals surface area contributed by atoms with Gasteiger partial charge in [-0.3, -0.25) is 0 Å². The van der Waals surface area contributed by atoms with Crippen molar-refractivity contribution in [2.45, 2.75) is 25.7 Å². The fourth-order valence-electron chi connectivity index (χ4n) is 7.06. The lowest BCUT2D eigenvalue weighted by Crippen LogP contribution is -2.13. The van der Waals surface area contributed by atoms with Gasteiger partial charge in [0, 0.05) is 17.0 Å². The van der Waals surface area contributed by atoms with Gasteiger partial charge in [0.2, 0.25) is 0 Å². The van der Waals surface area contributed by atoms with Crippen molar-refractivity contribution < 1.29 is 33.9 Å². The van der Waals surface area contributed by atoms with Crippen molar-refractivity contribution in [2.75, 3.05) is 26.4 Å². The molecule has 0 unspecified atom stereocenters. The van der Waals surface area contributed by atoms with Crippen LogP contribution in [0.1, 0.15) is 41.5 Å². The molecule has 7 nitrogen and oxygen atoms in total. The summed E-state index contributed by atoms with van der Waals surface area (Å²) in [5.74, 6) is 4.90. The van der Waals surface area contributed by atoms with Gasteiger partial charge in [-0.25, -0.2) is 0 Å². The first-order valence-corrected chi connectivity index (χ1v) is 18.0. The van der Waals surface area contributed by atoms with Crippen molar-refractivity contribution in [3.63, 3.8) is 0 Å². The molecule has 1 aliphatic heterocycles. The first-order valence-electron chi connectivity index (χ1n) is 18.0. The summed E-state index contributed by atoms with van der Waals surface area (Å²) < 4.78 is 30.5. The molecule has 0 radical (unpaired) electrons. The molecule has 0 bridgehead atoms. The number of hydrogen-bond donors (Lipinski definition) is 2. The number of aromatic hydroxyl groups is 2. The lowest BCUT2D eigenvalue weighted by atomic mass is 9.78. The van der Waals surface area contributed by atoms with Crippen molar-refractivity contribution in [1.82, 2.24) is 0 Å². The van der Waals surface area contributed by atoms with Crippen LogP contribution in [0.2, 0.25) is 0 Å². The summed E-state index contributed by atoms with van der Waals surface area (Å²) in [5.41, 5.74) is 4.78. The summed E-state index contributed by atoms with van der Waals surface area (Å²) in [4.78, 5) is 0. The van der Waals surface area contributed by atoms with Crippen LogP contribution in [0.3, 0.4) is 0 Å². The monoisotopic (exact) mass is 704 g/mol. The lowest BCUT2D eigenvalue weighted by molar-refractivity contribution is 0.217. The maximum atomic E-state index is 9.52. The third kappa shape index (κ3) is 7.37. The van der Waals surface area contributed by atoms with E-state index in [2.05, 4.69) is 79.7 Å². The number of fused-ring (bicyclic) bond motifs is 6. The Morgan fingerprint density at radius 2 is 0.925 bits per heavy atom. The molecule has 0 saturated heterocycles. The number of phenolic OH excluding ortho intramolecular Hbond substituents is 2. The third-order valence-electron chi connectivity index (χ3n) is 9.55. The van der Waals surface area contributed by atoms with E-state index in [1.807, 2.05) is 12.1 Å². The highest BCUT2D eigenvalue weighted by Crippen LogP contribution is 2.52. The van der Waals surface area contributed by atoms with E-state index < -0.39 is 0 Å². The van der Waals surface area contributed by atoms with Gasteiger partial charge in [-0.15, -0.1) is 0 Å². The molecular weight excluding hydrogens is 664 g/mol. The molecule has 0 atom stereocenters. The summed E-state index contributed by atoms with van der Waals surface area (Å²) in [6.45, 7) is 3.72. The highest BCUT2D eigenvalue weighted by atomic mass is 16.5. The Bertz CT molecular complexity index is 2210. The number of benzene rings is 7. The number of hydrogen-bond acceptors (Lipinski definition) is 7. The molecule has 266 valence electrons. The Labute approximate surface area is 308 Å². The largest absolute Gasteiger partial charge is 0.508 e. The Balaban J connectivity index is 1.09. The SMILES string of the molecule is CCCc1ccc(C2c3c(ccc4cc(OCCOc5ccc(O)cc5)ccc34)Oc3ccc4cc(OCCOc5ccc(O)cc5)ccc4c32)cc1. The summed E-state index contributed by atoms with van der Waals surface area (Å²) in [7, 11) is 0. The second-order valence-electron chi connectivity index (χ2n) is 13.1. The van der Waals surface area contributed by atoms with E-state index in [4.69, 9.17) is 23.7 Å². The van der Waals surface area contributed by atoms with Crippen molar-refractivity contribution in [1.29, 1.82) is 0 Å². The summed E-state index contributed by atoms with van der Waals surface area (Å²) >= 11 is 0. The van der Waals surface area contributed by atoms with Gasteiger partial charge in [-0.2, -0.15) is 0 Å². The zero-order valence-corrected chi connectivity index (χ0v) is 29.5. The van der Waals surface area contributed by atoms with Gasteiger partial charge in [-0.05, 0) is 124 Å². The van der Waals surface area contributed by atoms with E-state index in [9.17, 15) is 10.2 Å². The van der Waals surface area contributed by atoms with Crippen molar-refractivity contribution in [3.8, 4) is 46.0 Å². The molecule has 0 aliphatic carbocycles. The molecule has 1 aliphatic rings. The van der Waals surface area contributed by atoms with Gasteiger partial charge in [0.25, 0.3) is 0 Å². The van der Waals surface area contributed by atoms with Gasteiger partial charge < -0.3 is 33.9 Å². The van der Waals surface area contributed by atoms with Gasteiger partial charge >= 0.3 is 0 Å². The van der Waals surface area contributed by atoms with E-state index in [1.54, 1.807) is 48.5 Å². The molecule has 7 heteroatoms. The van der Waals surface area contributed by atoms with Crippen molar-refractivity contribution in [2.24, 2.45) is 0 Å². The number of ether oxygens (including phenoxy) is 5. The molecule has 2 N–H and O–H groups in total. The molecule has 7 aromatic carbocycles. The van der Waals surface area contributed by atoms with Crippen LogP contribution in [0.4, 0.5) is 0 Å². The van der Waals surface area contributed by atoms with Crippen LogP contribution in [0.25, 0.3) is 21.5 Å². The van der Waals surface area contributed by atoms with Crippen LogP contribution in [-0.4, -0.2) is 36.6 Å². The first-order chi connectivity index (χ1) is 26.0. The van der Waals surface area contributed by atoms with Gasteiger partial charge in [0.1, 0.15) is 72.4 Å². The first kappa shape index (κ1) is 33.8. The Hall–Kier alpha value is -6.34. The van der Waals surface area contributed by atoms with Crippen LogP contribution < -0.4 is 23.7 Å². The summed E-state index contributed by atoms with van der Waals surface area (Å²) in [5, 5.41) is 23.4. The van der Waals surface area contributed by atoms with E-state index in [1.165, 1.54) is 11.1 Å². The average Bonchev–Trinajstić information content (AvgIpc) is 3.19. The number of aryl methyl sites for hydroxylation is 1. The van der Waals surface area contributed by atoms with Crippen LogP contribution in [0.5, 0.6) is 46.0 Å². The lowest BCUT2D eigenvalue weighted by Gasteiger charge is -2.31. The molecule has 53 heavy (non-hydrogen) atoms. The second kappa shape index (κ2) is 15.1. The van der Waals surface area contributed by atoms with E-state index in [-0.39, 0.29) is 17.4 Å². The van der Waals surface area contributed by atoms with Crippen LogP contribution in [0.15, 0.2) is 133 Å². The minimum absolute atomic E-state index is 0.0761. The predicted octanol–water partition coefficient (Wildman–Crippen LogP) is 10.6. The minimum Gasteiger partial charge on any atom is -0.508 e. The molecule has 0 spiro atoms. The zero-order valence-electron chi connectivity index (χ0n) is 29.5. The minimum atomic E-state index is -0.0761. The molecule has 7 aromatic rings. The maximum Gasteiger partial charge on any atom is 0.132 e. The molecule has 1 heterocycles. The Morgan fingerprint density at radius 3 is 1.38 bits per heavy atom. The second-order valence-corrected chi connectivity index (χ2v) is 13.1. The zero-order chi connectivity index (χ0) is 36.1. The van der Waals surface area contributed by atoms with Gasteiger partial charge in [-0.1, -0.05) is 61.9 Å². The van der Waals surface area contributed by atoms with Gasteiger partial charge in [0.15, 0.2) is 0 Å². The summed E-state index contributed by atoms with van der Waals surface area (Å²) in [6.07, 6.45) is 2.14. The smallest absolute Gasteiger partial charge is 0.132 e. The Kier molecular flexibility index (Phi) is 9.63. The standard InChI is InChI=1S/C46H40O7/c1-2-3-30-4-6-31(7-5-30)44-45-40-20-18-38(51-26-24-49-36-14-10-34(47)11-15-36)28-32(40)8-22-42(45)53-43-23-9-33-29-39(19-21-41(33)46(43)44)52-27-25-50-37-16-12-35(48)13-17-37/h4-23,28-29,44,47-48H,2-3,24-27H2,1H3. The molecule has 0 aromatic heterocycles. The van der Waals surface area contributed by atoms with Gasteiger partial charge in [0.05, 0.1) is 0 Å². The fourth-order valence-corrected chi connectivity index (χ4v) is 7.06. The predicted molar refractivity (Wildman–Crippen MR) is 208 cm³/mol. The van der Waals surface area contributed by atoms with Crippen molar-refractivity contribution >= 4 is 21.5 Å². The summed E-state index contributed by atoms with van der Waals surface area (Å²) in [6, 6.07) is 43.1.